The normalized spacial score (nSPS) is 15.5. The van der Waals surface area contributed by atoms with E-state index in [9.17, 15) is 9.18 Å². The predicted molar refractivity (Wildman–Crippen MR) is 115 cm³/mol. The fraction of sp³-hybridized carbons (Fsp3) is 0.304. The zero-order valence-electron chi connectivity index (χ0n) is 17.3. The molecule has 2 aromatic heterocycles. The van der Waals surface area contributed by atoms with Gasteiger partial charge in [-0.3, -0.25) is 9.69 Å². The van der Waals surface area contributed by atoms with Crippen LogP contribution in [0.5, 0.6) is 0 Å². The smallest absolute Gasteiger partial charge is 0.253 e. The Morgan fingerprint density at radius 2 is 1.87 bits per heavy atom. The Kier molecular flexibility index (Phi) is 5.07. The Morgan fingerprint density at radius 3 is 2.65 bits per heavy atom. The topological polar surface area (TPSA) is 79.7 Å². The quantitative estimate of drug-likeness (QED) is 0.538. The molecule has 1 aliphatic rings. The van der Waals surface area contributed by atoms with E-state index in [1.165, 1.54) is 12.1 Å². The van der Waals surface area contributed by atoms with Crippen LogP contribution < -0.4 is 5.56 Å². The molecule has 0 radical (unpaired) electrons. The lowest BCUT2D eigenvalue weighted by Gasteiger charge is -2.26. The van der Waals surface area contributed by atoms with Crippen molar-refractivity contribution in [3.05, 3.63) is 87.2 Å². The van der Waals surface area contributed by atoms with E-state index in [0.29, 0.717) is 17.9 Å². The molecule has 5 rings (SSSR count). The molecule has 1 aliphatic heterocycles. The summed E-state index contributed by atoms with van der Waals surface area (Å²) in [7, 11) is 0. The van der Waals surface area contributed by atoms with Crippen LogP contribution in [0.3, 0.4) is 0 Å². The Balaban J connectivity index is 1.61. The first-order valence-corrected chi connectivity index (χ1v) is 10.5. The van der Waals surface area contributed by atoms with Crippen molar-refractivity contribution >= 4 is 10.9 Å². The number of aryl methyl sites for hydroxylation is 1. The number of benzene rings is 2. The first kappa shape index (κ1) is 19.6. The number of nitrogens with zero attached hydrogens (tertiary/aromatic N) is 5. The van der Waals surface area contributed by atoms with Gasteiger partial charge >= 0.3 is 0 Å². The van der Waals surface area contributed by atoms with E-state index in [-0.39, 0.29) is 17.4 Å². The van der Waals surface area contributed by atoms with E-state index in [1.807, 2.05) is 25.1 Å². The molecule has 0 aliphatic carbocycles. The van der Waals surface area contributed by atoms with Gasteiger partial charge in [-0.15, -0.1) is 5.10 Å². The summed E-state index contributed by atoms with van der Waals surface area (Å²) in [6, 6.07) is 13.9. The number of likely N-dealkylation sites (tertiary alicyclic amines) is 1. The maximum atomic E-state index is 13.3. The van der Waals surface area contributed by atoms with Gasteiger partial charge in [-0.05, 0) is 84.6 Å². The minimum Gasteiger partial charge on any atom is -0.322 e. The van der Waals surface area contributed by atoms with Crippen LogP contribution in [0.15, 0.2) is 53.3 Å². The molecule has 0 bridgehead atoms. The molecule has 0 saturated carbocycles. The number of hydrogen-bond donors (Lipinski definition) is 1. The van der Waals surface area contributed by atoms with Crippen LogP contribution in [0, 0.1) is 12.7 Å². The lowest BCUT2D eigenvalue weighted by molar-refractivity contribution is 0.263. The number of rotatable bonds is 5. The van der Waals surface area contributed by atoms with E-state index >= 15 is 0 Å². The fourth-order valence-electron chi connectivity index (χ4n) is 4.33. The zero-order chi connectivity index (χ0) is 21.4. The van der Waals surface area contributed by atoms with E-state index in [0.717, 1.165) is 48.0 Å². The maximum absolute atomic E-state index is 13.3. The van der Waals surface area contributed by atoms with Gasteiger partial charge in [-0.25, -0.2) is 9.07 Å². The number of aromatic amines is 1. The summed E-state index contributed by atoms with van der Waals surface area (Å²) in [5.74, 6) is 0.331. The van der Waals surface area contributed by atoms with Gasteiger partial charge in [0.05, 0.1) is 6.54 Å². The van der Waals surface area contributed by atoms with Gasteiger partial charge in [0.2, 0.25) is 0 Å². The molecule has 31 heavy (non-hydrogen) atoms. The number of pyridine rings is 1. The number of aromatic nitrogens is 5. The Labute approximate surface area is 178 Å². The van der Waals surface area contributed by atoms with Crippen LogP contribution in [0.2, 0.25) is 0 Å². The minimum atomic E-state index is -0.355. The van der Waals surface area contributed by atoms with Crippen molar-refractivity contribution in [2.24, 2.45) is 0 Å². The van der Waals surface area contributed by atoms with Crippen molar-refractivity contribution < 1.29 is 4.39 Å². The van der Waals surface area contributed by atoms with Gasteiger partial charge in [0, 0.05) is 11.1 Å². The molecule has 7 nitrogen and oxygen atoms in total. The van der Waals surface area contributed by atoms with Crippen molar-refractivity contribution in [1.29, 1.82) is 0 Å². The standard InChI is InChI=1S/C23H23FN6O/c1-15-4-9-20-17(12-15)13-19(23(31)25-20)21(29-10-2-3-11-29)22-26-27-28-30(22)14-16-5-7-18(24)8-6-16/h4-9,12-13,21H,2-3,10-11,14H2,1H3,(H,25,31)/t21-/m1/s1. The summed E-state index contributed by atoms with van der Waals surface area (Å²) in [5, 5.41) is 13.4. The highest BCUT2D eigenvalue weighted by molar-refractivity contribution is 5.79. The van der Waals surface area contributed by atoms with Crippen molar-refractivity contribution in [2.75, 3.05) is 13.1 Å². The number of fused-ring (bicyclic) bond motifs is 1. The van der Waals surface area contributed by atoms with Gasteiger partial charge < -0.3 is 4.98 Å². The molecule has 1 atom stereocenters. The highest BCUT2D eigenvalue weighted by Gasteiger charge is 2.32. The molecule has 158 valence electrons. The third-order valence-corrected chi connectivity index (χ3v) is 5.88. The van der Waals surface area contributed by atoms with Gasteiger partial charge in [-0.1, -0.05) is 23.8 Å². The molecule has 8 heteroatoms. The number of nitrogens with one attached hydrogen (secondary N) is 1. The molecule has 4 aromatic rings. The summed E-state index contributed by atoms with van der Waals surface area (Å²) >= 11 is 0. The summed E-state index contributed by atoms with van der Waals surface area (Å²) in [6.07, 6.45) is 2.14. The van der Waals surface area contributed by atoms with Crippen LogP contribution in [0.4, 0.5) is 4.39 Å². The van der Waals surface area contributed by atoms with Crippen molar-refractivity contribution in [3.63, 3.8) is 0 Å². The maximum Gasteiger partial charge on any atom is 0.253 e. The molecule has 1 fully saturated rings. The largest absolute Gasteiger partial charge is 0.322 e. The molecule has 1 N–H and O–H groups in total. The third kappa shape index (κ3) is 3.86. The van der Waals surface area contributed by atoms with Crippen LogP contribution in [0.25, 0.3) is 10.9 Å². The van der Waals surface area contributed by atoms with Gasteiger partial charge in [0.1, 0.15) is 11.9 Å². The second-order valence-electron chi connectivity index (χ2n) is 8.11. The lowest BCUT2D eigenvalue weighted by Crippen LogP contribution is -2.33. The number of H-pyrrole nitrogens is 1. The minimum absolute atomic E-state index is 0.135. The molecule has 3 heterocycles. The van der Waals surface area contributed by atoms with Crippen molar-refractivity contribution in [1.82, 2.24) is 30.1 Å². The van der Waals surface area contributed by atoms with Crippen LogP contribution >= 0.6 is 0 Å². The Morgan fingerprint density at radius 1 is 1.10 bits per heavy atom. The monoisotopic (exact) mass is 418 g/mol. The average Bonchev–Trinajstić information content (AvgIpc) is 3.44. The Hall–Kier alpha value is -3.39. The summed E-state index contributed by atoms with van der Waals surface area (Å²) in [5.41, 5.74) is 3.33. The highest BCUT2D eigenvalue weighted by atomic mass is 19.1. The van der Waals surface area contributed by atoms with Gasteiger partial charge in [0.15, 0.2) is 5.82 Å². The second-order valence-corrected chi connectivity index (χ2v) is 8.11. The number of halogens is 1. The van der Waals surface area contributed by atoms with Crippen LogP contribution in [-0.2, 0) is 6.54 Å². The summed E-state index contributed by atoms with van der Waals surface area (Å²) in [6.45, 7) is 4.18. The molecule has 0 unspecified atom stereocenters. The first-order valence-electron chi connectivity index (χ1n) is 10.5. The van der Waals surface area contributed by atoms with Crippen LogP contribution in [-0.4, -0.2) is 43.2 Å². The molecular formula is C23H23FN6O. The van der Waals surface area contributed by atoms with E-state index < -0.39 is 0 Å². The molecular weight excluding hydrogens is 395 g/mol. The molecule has 0 amide bonds. The summed E-state index contributed by atoms with van der Waals surface area (Å²) in [4.78, 5) is 18.4. The fourth-order valence-corrected chi connectivity index (χ4v) is 4.33. The molecule has 1 saturated heterocycles. The Bertz CT molecular complexity index is 1270. The van der Waals surface area contributed by atoms with Crippen LogP contribution in [0.1, 0.15) is 41.4 Å². The van der Waals surface area contributed by atoms with E-state index in [1.54, 1.807) is 16.8 Å². The lowest BCUT2D eigenvalue weighted by atomic mass is 10.0. The second kappa shape index (κ2) is 8.03. The highest BCUT2D eigenvalue weighted by Crippen LogP contribution is 2.30. The predicted octanol–water partition coefficient (Wildman–Crippen LogP) is 3.20. The van der Waals surface area contributed by atoms with E-state index in [4.69, 9.17) is 0 Å². The third-order valence-electron chi connectivity index (χ3n) is 5.88. The van der Waals surface area contributed by atoms with Gasteiger partial charge in [0.25, 0.3) is 5.56 Å². The number of hydrogen-bond acceptors (Lipinski definition) is 5. The molecule has 0 spiro atoms. The molecule has 2 aromatic carbocycles. The summed E-state index contributed by atoms with van der Waals surface area (Å²) < 4.78 is 15.0. The van der Waals surface area contributed by atoms with Crippen molar-refractivity contribution in [3.8, 4) is 0 Å². The SMILES string of the molecule is Cc1ccc2[nH]c(=O)c([C@H](c3nnnn3Cc3ccc(F)cc3)N3CCCC3)cc2c1. The van der Waals surface area contributed by atoms with Gasteiger partial charge in [-0.2, -0.15) is 0 Å². The average molecular weight is 418 g/mol. The van der Waals surface area contributed by atoms with E-state index in [2.05, 4.69) is 31.5 Å². The first-order chi connectivity index (χ1) is 15.1. The number of tetrazole rings is 1. The zero-order valence-corrected chi connectivity index (χ0v) is 17.3. The van der Waals surface area contributed by atoms with Crippen molar-refractivity contribution in [2.45, 2.75) is 32.4 Å².